The van der Waals surface area contributed by atoms with Crippen LogP contribution in [-0.4, -0.2) is 102 Å². The third kappa shape index (κ3) is 18.0. The van der Waals surface area contributed by atoms with Gasteiger partial charge < -0.3 is 36.8 Å². The molecule has 0 bridgehead atoms. The molecular weight excluding hydrogens is 374 g/mol. The Hall–Kier alpha value is -1.75. The molecule has 0 aliphatic carbocycles. The number of carbonyl (C=O) groups is 3. The number of hydrogen-bond acceptors (Lipinski definition) is 7. The van der Waals surface area contributed by atoms with Gasteiger partial charge in [0.2, 0.25) is 17.7 Å². The average Bonchev–Trinajstić information content (AvgIpc) is 2.72. The number of amides is 3. The van der Waals surface area contributed by atoms with Crippen molar-refractivity contribution in [3.05, 3.63) is 0 Å². The van der Waals surface area contributed by atoms with Gasteiger partial charge in [-0.1, -0.05) is 0 Å². The van der Waals surface area contributed by atoms with Gasteiger partial charge in [0.1, 0.15) is 0 Å². The van der Waals surface area contributed by atoms with Crippen LogP contribution in [0, 0.1) is 0 Å². The van der Waals surface area contributed by atoms with E-state index in [0.717, 1.165) is 39.3 Å². The van der Waals surface area contributed by atoms with Crippen LogP contribution in [0.1, 0.15) is 26.2 Å². The van der Waals surface area contributed by atoms with Crippen molar-refractivity contribution >= 4 is 17.7 Å². The summed E-state index contributed by atoms with van der Waals surface area (Å²) in [5.41, 5.74) is 0. The van der Waals surface area contributed by atoms with E-state index in [1.165, 1.54) is 0 Å². The van der Waals surface area contributed by atoms with E-state index in [9.17, 15) is 14.4 Å². The van der Waals surface area contributed by atoms with Crippen LogP contribution >= 0.6 is 0 Å². The molecule has 0 aliphatic heterocycles. The van der Waals surface area contributed by atoms with Gasteiger partial charge in [0, 0.05) is 98.8 Å². The summed E-state index contributed by atoms with van der Waals surface area (Å²) in [5.74, 6) is 0.134. The van der Waals surface area contributed by atoms with Crippen LogP contribution in [0.2, 0.25) is 0 Å². The molecule has 0 atom stereocenters. The summed E-state index contributed by atoms with van der Waals surface area (Å²) in [6.45, 7) is 9.46. The van der Waals surface area contributed by atoms with Crippen molar-refractivity contribution in [1.29, 1.82) is 0 Å². The van der Waals surface area contributed by atoms with Crippen molar-refractivity contribution in [2.75, 3.05) is 79.5 Å². The maximum atomic E-state index is 11.7. The van der Waals surface area contributed by atoms with E-state index in [2.05, 4.69) is 36.8 Å². The summed E-state index contributed by atoms with van der Waals surface area (Å²) in [6.07, 6.45) is 1.42. The molecule has 3 amide bonds. The molecular formula is C19H41N7O3. The Bertz CT molecular complexity index is 450. The minimum Gasteiger partial charge on any atom is -0.359 e. The standard InChI is InChI=1S/C19H41N7O3/c1-4-25-19(29)7-14-26(15-12-23-9-6-18(28)21-3)16-13-24-11-10-22-8-5-17(27)20-2/h22-24H,4-16H2,1-3H3,(H,20,27)(H,21,28)(H,25,29). The van der Waals surface area contributed by atoms with Crippen LogP contribution in [0.15, 0.2) is 0 Å². The number of carbonyl (C=O) groups excluding carboxylic acids is 3. The van der Waals surface area contributed by atoms with Crippen LogP contribution < -0.4 is 31.9 Å². The van der Waals surface area contributed by atoms with Crippen LogP contribution in [0.3, 0.4) is 0 Å². The Kier molecular flexibility index (Phi) is 18.4. The van der Waals surface area contributed by atoms with Gasteiger partial charge in [-0.3, -0.25) is 14.4 Å². The predicted octanol–water partition coefficient (Wildman–Crippen LogP) is -2.14. The first kappa shape index (κ1) is 27.2. The first-order valence-corrected chi connectivity index (χ1v) is 10.6. The molecule has 0 fully saturated rings. The lowest BCUT2D eigenvalue weighted by Crippen LogP contribution is -2.40. The monoisotopic (exact) mass is 415 g/mol. The first-order valence-electron chi connectivity index (χ1n) is 10.6. The Morgan fingerprint density at radius 2 is 1.10 bits per heavy atom. The normalized spacial score (nSPS) is 10.8. The van der Waals surface area contributed by atoms with Gasteiger partial charge in [-0.25, -0.2) is 0 Å². The zero-order valence-corrected chi connectivity index (χ0v) is 18.4. The first-order chi connectivity index (χ1) is 14.0. The zero-order valence-electron chi connectivity index (χ0n) is 18.4. The van der Waals surface area contributed by atoms with Gasteiger partial charge in [0.15, 0.2) is 0 Å². The van der Waals surface area contributed by atoms with Crippen LogP contribution in [0.5, 0.6) is 0 Å². The van der Waals surface area contributed by atoms with Crippen molar-refractivity contribution in [3.63, 3.8) is 0 Å². The van der Waals surface area contributed by atoms with E-state index in [-0.39, 0.29) is 17.7 Å². The molecule has 0 rings (SSSR count). The van der Waals surface area contributed by atoms with Gasteiger partial charge in [-0.15, -0.1) is 0 Å². The average molecular weight is 416 g/mol. The van der Waals surface area contributed by atoms with E-state index in [1.54, 1.807) is 14.1 Å². The molecule has 0 saturated heterocycles. The SMILES string of the molecule is CCNC(=O)CCN(CCNCCNCCC(=O)NC)CCNCCC(=O)NC. The zero-order chi connectivity index (χ0) is 21.7. The lowest BCUT2D eigenvalue weighted by Gasteiger charge is -2.22. The summed E-state index contributed by atoms with van der Waals surface area (Å²) in [5, 5.41) is 17.9. The molecule has 0 spiro atoms. The Morgan fingerprint density at radius 1 is 0.621 bits per heavy atom. The van der Waals surface area contributed by atoms with E-state index in [0.29, 0.717) is 45.4 Å². The smallest absolute Gasteiger partial charge is 0.221 e. The van der Waals surface area contributed by atoms with Gasteiger partial charge in [0.05, 0.1) is 0 Å². The molecule has 10 heteroatoms. The van der Waals surface area contributed by atoms with Gasteiger partial charge in [-0.05, 0) is 6.92 Å². The highest BCUT2D eigenvalue weighted by molar-refractivity contribution is 5.76. The van der Waals surface area contributed by atoms with Crippen LogP contribution in [0.4, 0.5) is 0 Å². The maximum absolute atomic E-state index is 11.7. The molecule has 6 N–H and O–H groups in total. The second-order valence-electron chi connectivity index (χ2n) is 6.64. The lowest BCUT2D eigenvalue weighted by molar-refractivity contribution is -0.122. The highest BCUT2D eigenvalue weighted by Crippen LogP contribution is 1.92. The summed E-state index contributed by atoms with van der Waals surface area (Å²) in [4.78, 5) is 36.3. The second kappa shape index (κ2) is 19.6. The molecule has 10 nitrogen and oxygen atoms in total. The highest BCUT2D eigenvalue weighted by atomic mass is 16.2. The number of nitrogens with zero attached hydrogens (tertiary/aromatic N) is 1. The summed E-state index contributed by atoms with van der Waals surface area (Å²) in [7, 11) is 3.27. The Morgan fingerprint density at radius 3 is 1.59 bits per heavy atom. The Labute approximate surface area is 175 Å². The number of nitrogens with one attached hydrogen (secondary N) is 6. The fraction of sp³-hybridized carbons (Fsp3) is 0.842. The quantitative estimate of drug-likeness (QED) is 0.133. The van der Waals surface area contributed by atoms with Gasteiger partial charge in [0.25, 0.3) is 0 Å². The van der Waals surface area contributed by atoms with Gasteiger partial charge >= 0.3 is 0 Å². The molecule has 0 aliphatic rings. The van der Waals surface area contributed by atoms with E-state index >= 15 is 0 Å². The highest BCUT2D eigenvalue weighted by Gasteiger charge is 2.08. The van der Waals surface area contributed by atoms with Gasteiger partial charge in [-0.2, -0.15) is 0 Å². The second-order valence-corrected chi connectivity index (χ2v) is 6.64. The summed E-state index contributed by atoms with van der Waals surface area (Å²) < 4.78 is 0. The van der Waals surface area contributed by atoms with E-state index in [1.807, 2.05) is 6.92 Å². The van der Waals surface area contributed by atoms with E-state index in [4.69, 9.17) is 0 Å². The summed E-state index contributed by atoms with van der Waals surface area (Å²) in [6, 6.07) is 0. The van der Waals surface area contributed by atoms with Crippen LogP contribution in [-0.2, 0) is 14.4 Å². The predicted molar refractivity (Wildman–Crippen MR) is 116 cm³/mol. The molecule has 0 heterocycles. The van der Waals surface area contributed by atoms with Crippen molar-refractivity contribution in [3.8, 4) is 0 Å². The number of rotatable bonds is 19. The fourth-order valence-corrected chi connectivity index (χ4v) is 2.56. The van der Waals surface area contributed by atoms with E-state index < -0.39 is 0 Å². The molecule has 0 aromatic rings. The van der Waals surface area contributed by atoms with Crippen molar-refractivity contribution in [2.45, 2.75) is 26.2 Å². The molecule has 0 saturated carbocycles. The largest absolute Gasteiger partial charge is 0.359 e. The van der Waals surface area contributed by atoms with Crippen molar-refractivity contribution in [2.24, 2.45) is 0 Å². The minimum absolute atomic E-state index is 0.0266. The minimum atomic E-state index is 0.0266. The Balaban J connectivity index is 3.96. The third-order valence-electron chi connectivity index (χ3n) is 4.33. The maximum Gasteiger partial charge on any atom is 0.221 e. The fourth-order valence-electron chi connectivity index (χ4n) is 2.56. The van der Waals surface area contributed by atoms with Crippen LogP contribution in [0.25, 0.3) is 0 Å². The molecule has 0 aromatic carbocycles. The summed E-state index contributed by atoms with van der Waals surface area (Å²) >= 11 is 0. The third-order valence-corrected chi connectivity index (χ3v) is 4.33. The topological polar surface area (TPSA) is 127 Å². The molecule has 29 heavy (non-hydrogen) atoms. The van der Waals surface area contributed by atoms with Crippen molar-refractivity contribution in [1.82, 2.24) is 36.8 Å². The number of hydrogen-bond donors (Lipinski definition) is 6. The molecule has 0 radical (unpaired) electrons. The molecule has 170 valence electrons. The molecule has 0 unspecified atom stereocenters. The lowest BCUT2D eigenvalue weighted by atomic mass is 10.3. The van der Waals surface area contributed by atoms with Crippen molar-refractivity contribution < 1.29 is 14.4 Å². The molecule has 0 aromatic heterocycles.